The molecule has 2 unspecified atom stereocenters. The SMILES string of the molecule is CCC(=O)c1ccccc1OCCOCCN1CC(C)OC(C)C1. The first kappa shape index (κ1) is 18.9. The van der Waals surface area contributed by atoms with Gasteiger partial charge in [0.05, 0.1) is 31.0 Å². The van der Waals surface area contributed by atoms with Gasteiger partial charge in [-0.3, -0.25) is 9.69 Å². The average molecular weight is 335 g/mol. The summed E-state index contributed by atoms with van der Waals surface area (Å²) < 4.78 is 17.1. The normalized spacial score (nSPS) is 21.6. The Morgan fingerprint density at radius 3 is 2.58 bits per heavy atom. The Morgan fingerprint density at radius 1 is 1.17 bits per heavy atom. The molecular weight excluding hydrogens is 306 g/mol. The summed E-state index contributed by atoms with van der Waals surface area (Å²) >= 11 is 0. The Labute approximate surface area is 144 Å². The highest BCUT2D eigenvalue weighted by molar-refractivity contribution is 5.98. The van der Waals surface area contributed by atoms with Crippen molar-refractivity contribution in [3.63, 3.8) is 0 Å². The van der Waals surface area contributed by atoms with E-state index in [0.29, 0.717) is 37.6 Å². The lowest BCUT2D eigenvalue weighted by molar-refractivity contribution is -0.0734. The number of hydrogen-bond donors (Lipinski definition) is 0. The van der Waals surface area contributed by atoms with Gasteiger partial charge in [-0.15, -0.1) is 0 Å². The quantitative estimate of drug-likeness (QED) is 0.513. The van der Waals surface area contributed by atoms with Crippen LogP contribution in [0.1, 0.15) is 37.6 Å². The number of morpholine rings is 1. The van der Waals surface area contributed by atoms with Crippen LogP contribution in [0.3, 0.4) is 0 Å². The van der Waals surface area contributed by atoms with Crippen LogP contribution in [0.4, 0.5) is 0 Å². The van der Waals surface area contributed by atoms with E-state index in [9.17, 15) is 4.79 Å². The number of hydrogen-bond acceptors (Lipinski definition) is 5. The predicted molar refractivity (Wildman–Crippen MR) is 93.8 cm³/mol. The number of ketones is 1. The van der Waals surface area contributed by atoms with Crippen LogP contribution in [0.25, 0.3) is 0 Å². The first-order chi connectivity index (χ1) is 11.6. The van der Waals surface area contributed by atoms with Gasteiger partial charge >= 0.3 is 0 Å². The van der Waals surface area contributed by atoms with Crippen molar-refractivity contribution < 1.29 is 19.0 Å². The molecule has 1 fully saturated rings. The first-order valence-electron chi connectivity index (χ1n) is 8.80. The second-order valence-corrected chi connectivity index (χ2v) is 6.25. The van der Waals surface area contributed by atoms with Gasteiger partial charge in [0.2, 0.25) is 0 Å². The zero-order chi connectivity index (χ0) is 17.4. The van der Waals surface area contributed by atoms with Crippen LogP contribution in [-0.2, 0) is 9.47 Å². The molecule has 1 heterocycles. The van der Waals surface area contributed by atoms with Crippen LogP contribution < -0.4 is 4.74 Å². The van der Waals surface area contributed by atoms with Crippen LogP contribution >= 0.6 is 0 Å². The van der Waals surface area contributed by atoms with Gasteiger partial charge in [-0.1, -0.05) is 19.1 Å². The molecule has 0 aromatic heterocycles. The Bertz CT molecular complexity index is 510. The van der Waals surface area contributed by atoms with Crippen molar-refractivity contribution in [1.29, 1.82) is 0 Å². The fourth-order valence-corrected chi connectivity index (χ4v) is 2.99. The third-order valence-electron chi connectivity index (χ3n) is 4.04. The van der Waals surface area contributed by atoms with E-state index in [1.54, 1.807) is 0 Å². The Morgan fingerprint density at radius 2 is 1.88 bits per heavy atom. The molecule has 2 atom stereocenters. The second kappa shape index (κ2) is 9.77. The zero-order valence-corrected chi connectivity index (χ0v) is 15.0. The lowest BCUT2D eigenvalue weighted by Gasteiger charge is -2.35. The molecule has 24 heavy (non-hydrogen) atoms. The molecule has 1 aromatic carbocycles. The summed E-state index contributed by atoms with van der Waals surface area (Å²) in [6, 6.07) is 7.38. The number of Topliss-reactive ketones (excluding diaryl/α,β-unsaturated/α-hetero) is 1. The molecule has 0 saturated carbocycles. The van der Waals surface area contributed by atoms with Gasteiger partial charge in [-0.25, -0.2) is 0 Å². The minimum absolute atomic E-state index is 0.0991. The predicted octanol–water partition coefficient (Wildman–Crippen LogP) is 2.78. The summed E-state index contributed by atoms with van der Waals surface area (Å²) in [5, 5.41) is 0. The summed E-state index contributed by atoms with van der Waals surface area (Å²) in [4.78, 5) is 14.2. The summed E-state index contributed by atoms with van der Waals surface area (Å²) in [7, 11) is 0. The molecule has 0 spiro atoms. The summed E-state index contributed by atoms with van der Waals surface area (Å²) in [6.45, 7) is 10.5. The monoisotopic (exact) mass is 335 g/mol. The summed E-state index contributed by atoms with van der Waals surface area (Å²) in [5.74, 6) is 0.742. The van der Waals surface area contributed by atoms with Crippen molar-refractivity contribution in [2.75, 3.05) is 39.5 Å². The highest BCUT2D eigenvalue weighted by atomic mass is 16.5. The molecule has 5 nitrogen and oxygen atoms in total. The number of nitrogens with zero attached hydrogens (tertiary/aromatic N) is 1. The second-order valence-electron chi connectivity index (χ2n) is 6.25. The van der Waals surface area contributed by atoms with E-state index < -0.39 is 0 Å². The highest BCUT2D eigenvalue weighted by Crippen LogP contribution is 2.19. The van der Waals surface area contributed by atoms with Crippen molar-refractivity contribution >= 4 is 5.78 Å². The van der Waals surface area contributed by atoms with Gasteiger partial charge in [0, 0.05) is 26.1 Å². The first-order valence-corrected chi connectivity index (χ1v) is 8.80. The van der Waals surface area contributed by atoms with Gasteiger partial charge in [-0.2, -0.15) is 0 Å². The van der Waals surface area contributed by atoms with Crippen molar-refractivity contribution in [1.82, 2.24) is 4.90 Å². The largest absolute Gasteiger partial charge is 0.490 e. The van der Waals surface area contributed by atoms with E-state index >= 15 is 0 Å². The third kappa shape index (κ3) is 5.89. The number of ether oxygens (including phenoxy) is 3. The summed E-state index contributed by atoms with van der Waals surface area (Å²) in [5.41, 5.74) is 0.649. The Kier molecular flexibility index (Phi) is 7.69. The van der Waals surface area contributed by atoms with Gasteiger partial charge in [-0.05, 0) is 26.0 Å². The maximum absolute atomic E-state index is 11.9. The number of carbonyl (C=O) groups is 1. The fraction of sp³-hybridized carbons (Fsp3) is 0.632. The minimum atomic E-state index is 0.0991. The van der Waals surface area contributed by atoms with E-state index in [4.69, 9.17) is 14.2 Å². The highest BCUT2D eigenvalue weighted by Gasteiger charge is 2.21. The average Bonchev–Trinajstić information content (AvgIpc) is 2.56. The van der Waals surface area contributed by atoms with Crippen LogP contribution in [0.5, 0.6) is 5.75 Å². The smallest absolute Gasteiger partial charge is 0.166 e. The molecule has 0 bridgehead atoms. The van der Waals surface area contributed by atoms with Gasteiger partial charge in [0.15, 0.2) is 5.78 Å². The van der Waals surface area contributed by atoms with E-state index in [0.717, 1.165) is 19.6 Å². The van der Waals surface area contributed by atoms with E-state index in [1.165, 1.54) is 0 Å². The van der Waals surface area contributed by atoms with E-state index in [-0.39, 0.29) is 18.0 Å². The van der Waals surface area contributed by atoms with Crippen molar-refractivity contribution in [2.24, 2.45) is 0 Å². The Balaban J connectivity index is 1.64. The number of carbonyl (C=O) groups excluding carboxylic acids is 1. The summed E-state index contributed by atoms with van der Waals surface area (Å²) in [6.07, 6.45) is 1.04. The van der Waals surface area contributed by atoms with Crippen molar-refractivity contribution in [3.8, 4) is 5.75 Å². The van der Waals surface area contributed by atoms with Crippen molar-refractivity contribution in [3.05, 3.63) is 29.8 Å². The maximum atomic E-state index is 11.9. The fourth-order valence-electron chi connectivity index (χ4n) is 2.99. The molecule has 2 rings (SSSR count). The molecule has 0 N–H and O–H groups in total. The Hall–Kier alpha value is -1.43. The van der Waals surface area contributed by atoms with E-state index in [2.05, 4.69) is 18.7 Å². The standard InChI is InChI=1S/C19H29NO4/c1-4-18(21)17-7-5-6-8-19(17)23-12-11-22-10-9-20-13-15(2)24-16(3)14-20/h5-8,15-16H,4,9-14H2,1-3H3. The van der Waals surface area contributed by atoms with Gasteiger partial charge < -0.3 is 14.2 Å². The topological polar surface area (TPSA) is 48.0 Å². The third-order valence-corrected chi connectivity index (χ3v) is 4.04. The van der Waals surface area contributed by atoms with Crippen LogP contribution in [0.2, 0.25) is 0 Å². The van der Waals surface area contributed by atoms with Crippen LogP contribution in [-0.4, -0.2) is 62.3 Å². The molecule has 0 radical (unpaired) electrons. The number of rotatable bonds is 9. The number of para-hydroxylation sites is 1. The molecule has 1 aromatic rings. The zero-order valence-electron chi connectivity index (χ0n) is 15.0. The van der Waals surface area contributed by atoms with E-state index in [1.807, 2.05) is 31.2 Å². The minimum Gasteiger partial charge on any atom is -0.490 e. The van der Waals surface area contributed by atoms with Gasteiger partial charge in [0.25, 0.3) is 0 Å². The van der Waals surface area contributed by atoms with Crippen LogP contribution in [0, 0.1) is 0 Å². The molecule has 0 aliphatic carbocycles. The van der Waals surface area contributed by atoms with Crippen LogP contribution in [0.15, 0.2) is 24.3 Å². The molecule has 134 valence electrons. The molecule has 1 saturated heterocycles. The molecule has 5 heteroatoms. The molecular formula is C19H29NO4. The van der Waals surface area contributed by atoms with Gasteiger partial charge in [0.1, 0.15) is 12.4 Å². The lowest BCUT2D eigenvalue weighted by atomic mass is 10.1. The maximum Gasteiger partial charge on any atom is 0.166 e. The lowest BCUT2D eigenvalue weighted by Crippen LogP contribution is -2.46. The number of benzene rings is 1. The molecule has 1 aliphatic heterocycles. The molecule has 1 aliphatic rings. The molecule has 0 amide bonds. The van der Waals surface area contributed by atoms with Crippen molar-refractivity contribution in [2.45, 2.75) is 39.4 Å².